The van der Waals surface area contributed by atoms with Crippen molar-refractivity contribution in [3.8, 4) is 0 Å². The maximum absolute atomic E-state index is 11.1. The molecular formula is C6H16N2O2S. The van der Waals surface area contributed by atoms with Gasteiger partial charge in [-0.05, 0) is 20.0 Å². The van der Waals surface area contributed by atoms with Gasteiger partial charge in [0.1, 0.15) is 0 Å². The molecular weight excluding hydrogens is 164 g/mol. The lowest BCUT2D eigenvalue weighted by atomic mass is 10.5. The number of sulfonamides is 1. The Kier molecular flexibility index (Phi) is 4.63. The van der Waals surface area contributed by atoms with E-state index in [2.05, 4.69) is 5.32 Å². The van der Waals surface area contributed by atoms with E-state index in [1.807, 2.05) is 7.05 Å². The molecule has 0 aromatic carbocycles. The van der Waals surface area contributed by atoms with Gasteiger partial charge in [-0.2, -0.15) is 0 Å². The fourth-order valence-electron chi connectivity index (χ4n) is 0.614. The maximum atomic E-state index is 11.1. The molecule has 0 amide bonds. The lowest BCUT2D eigenvalue weighted by Crippen LogP contribution is -2.26. The summed E-state index contributed by atoms with van der Waals surface area (Å²) in [6.07, 6.45) is 0.664. The summed E-state index contributed by atoms with van der Waals surface area (Å²) in [5, 5.41) is 2.90. The van der Waals surface area contributed by atoms with Gasteiger partial charge in [-0.25, -0.2) is 12.7 Å². The molecule has 0 aliphatic rings. The van der Waals surface area contributed by atoms with Crippen LogP contribution < -0.4 is 5.32 Å². The molecule has 0 aromatic heterocycles. The van der Waals surface area contributed by atoms with Gasteiger partial charge in [0.2, 0.25) is 10.0 Å². The minimum Gasteiger partial charge on any atom is -0.320 e. The summed E-state index contributed by atoms with van der Waals surface area (Å²) in [4.78, 5) is 0. The lowest BCUT2D eigenvalue weighted by Gasteiger charge is -2.10. The Morgan fingerprint density at radius 2 is 1.91 bits per heavy atom. The van der Waals surface area contributed by atoms with Crippen LogP contribution in [0.15, 0.2) is 0 Å². The van der Waals surface area contributed by atoms with Crippen LogP contribution in [0.2, 0.25) is 0 Å². The monoisotopic (exact) mass is 180 g/mol. The second-order valence-electron chi connectivity index (χ2n) is 2.56. The van der Waals surface area contributed by atoms with Crippen molar-refractivity contribution in [3.05, 3.63) is 0 Å². The van der Waals surface area contributed by atoms with Crippen LogP contribution in [0.25, 0.3) is 0 Å². The largest absolute Gasteiger partial charge is 0.320 e. The quantitative estimate of drug-likeness (QED) is 0.580. The zero-order valence-electron chi connectivity index (χ0n) is 7.29. The fourth-order valence-corrected chi connectivity index (χ4v) is 1.49. The first-order valence-electron chi connectivity index (χ1n) is 3.55. The van der Waals surface area contributed by atoms with Gasteiger partial charge < -0.3 is 5.32 Å². The van der Waals surface area contributed by atoms with E-state index in [9.17, 15) is 8.42 Å². The number of nitrogens with zero attached hydrogens (tertiary/aromatic N) is 1. The van der Waals surface area contributed by atoms with Gasteiger partial charge in [-0.15, -0.1) is 0 Å². The predicted octanol–water partition coefficient (Wildman–Crippen LogP) is -0.513. The Morgan fingerprint density at radius 1 is 1.36 bits per heavy atom. The van der Waals surface area contributed by atoms with Gasteiger partial charge in [-0.3, -0.25) is 0 Å². The summed E-state index contributed by atoms with van der Waals surface area (Å²) < 4.78 is 23.5. The van der Waals surface area contributed by atoms with Crippen molar-refractivity contribution in [1.29, 1.82) is 0 Å². The highest BCUT2D eigenvalue weighted by atomic mass is 32.2. The summed E-state index contributed by atoms with van der Waals surface area (Å²) in [5.41, 5.74) is 0. The minimum absolute atomic E-state index is 0.223. The zero-order valence-corrected chi connectivity index (χ0v) is 8.11. The SMILES string of the molecule is CNCCCS(=O)(=O)N(C)C. The third kappa shape index (κ3) is 4.34. The van der Waals surface area contributed by atoms with Gasteiger partial charge >= 0.3 is 0 Å². The number of nitrogens with one attached hydrogen (secondary N) is 1. The van der Waals surface area contributed by atoms with Crippen molar-refractivity contribution in [3.63, 3.8) is 0 Å². The molecule has 0 bridgehead atoms. The summed E-state index contributed by atoms with van der Waals surface area (Å²) in [7, 11) is 1.93. The Hall–Kier alpha value is -0.130. The van der Waals surface area contributed by atoms with E-state index >= 15 is 0 Å². The predicted molar refractivity (Wildman–Crippen MR) is 46.0 cm³/mol. The molecule has 0 rings (SSSR count). The van der Waals surface area contributed by atoms with Crippen molar-refractivity contribution in [1.82, 2.24) is 9.62 Å². The second kappa shape index (κ2) is 4.69. The normalized spacial score (nSPS) is 12.4. The molecule has 0 fully saturated rings. The first-order valence-corrected chi connectivity index (χ1v) is 5.16. The van der Waals surface area contributed by atoms with Gasteiger partial charge in [-0.1, -0.05) is 0 Å². The molecule has 0 atom stereocenters. The molecule has 0 radical (unpaired) electrons. The minimum atomic E-state index is -2.98. The molecule has 0 saturated carbocycles. The highest BCUT2D eigenvalue weighted by Gasteiger charge is 2.11. The summed E-state index contributed by atoms with van der Waals surface area (Å²) in [5.74, 6) is 0.223. The number of hydrogen-bond acceptors (Lipinski definition) is 3. The third-order valence-electron chi connectivity index (χ3n) is 1.39. The Morgan fingerprint density at radius 3 is 2.27 bits per heavy atom. The van der Waals surface area contributed by atoms with E-state index in [0.29, 0.717) is 6.42 Å². The average molecular weight is 180 g/mol. The van der Waals surface area contributed by atoms with E-state index in [1.54, 1.807) is 14.1 Å². The Balaban J connectivity index is 3.75. The van der Waals surface area contributed by atoms with Crippen LogP contribution >= 0.6 is 0 Å². The first-order chi connectivity index (χ1) is 5.00. The van der Waals surface area contributed by atoms with Crippen molar-refractivity contribution in [2.75, 3.05) is 33.4 Å². The van der Waals surface area contributed by atoms with E-state index in [-0.39, 0.29) is 5.75 Å². The van der Waals surface area contributed by atoms with Crippen LogP contribution in [-0.2, 0) is 10.0 Å². The van der Waals surface area contributed by atoms with E-state index in [0.717, 1.165) is 6.54 Å². The van der Waals surface area contributed by atoms with Gasteiger partial charge in [0, 0.05) is 14.1 Å². The molecule has 0 unspecified atom stereocenters. The maximum Gasteiger partial charge on any atom is 0.213 e. The van der Waals surface area contributed by atoms with Crippen LogP contribution in [0.5, 0.6) is 0 Å². The highest BCUT2D eigenvalue weighted by Crippen LogP contribution is 1.95. The van der Waals surface area contributed by atoms with E-state index in [1.165, 1.54) is 4.31 Å². The molecule has 0 heterocycles. The van der Waals surface area contributed by atoms with Crippen molar-refractivity contribution in [2.24, 2.45) is 0 Å². The van der Waals surface area contributed by atoms with Gasteiger partial charge in [0.25, 0.3) is 0 Å². The van der Waals surface area contributed by atoms with Crippen LogP contribution in [0.1, 0.15) is 6.42 Å². The van der Waals surface area contributed by atoms with E-state index in [4.69, 9.17) is 0 Å². The summed E-state index contributed by atoms with van der Waals surface area (Å²) in [6.45, 7) is 0.743. The Bertz CT molecular complexity index is 187. The molecule has 0 spiro atoms. The average Bonchev–Trinajstić information content (AvgIpc) is 1.88. The third-order valence-corrected chi connectivity index (χ3v) is 3.30. The molecule has 11 heavy (non-hydrogen) atoms. The standard InChI is InChI=1S/C6H16N2O2S/c1-7-5-4-6-11(9,10)8(2)3/h7H,4-6H2,1-3H3. The molecule has 0 aliphatic carbocycles. The molecule has 1 N–H and O–H groups in total. The summed E-state index contributed by atoms with van der Waals surface area (Å²) in [6, 6.07) is 0. The smallest absolute Gasteiger partial charge is 0.213 e. The van der Waals surface area contributed by atoms with Crippen LogP contribution in [0.4, 0.5) is 0 Å². The fraction of sp³-hybridized carbons (Fsp3) is 1.00. The summed E-state index contributed by atoms with van der Waals surface area (Å²) >= 11 is 0. The molecule has 5 heteroatoms. The van der Waals surface area contributed by atoms with Crippen LogP contribution in [0.3, 0.4) is 0 Å². The topological polar surface area (TPSA) is 49.4 Å². The zero-order chi connectivity index (χ0) is 8.91. The van der Waals surface area contributed by atoms with Crippen molar-refractivity contribution < 1.29 is 8.42 Å². The number of rotatable bonds is 5. The number of hydrogen-bond donors (Lipinski definition) is 1. The molecule has 0 aromatic rings. The second-order valence-corrected chi connectivity index (χ2v) is 4.86. The lowest BCUT2D eigenvalue weighted by molar-refractivity contribution is 0.517. The molecule has 68 valence electrons. The van der Waals surface area contributed by atoms with Gasteiger partial charge in [0.05, 0.1) is 5.75 Å². The Labute approximate surface area is 68.6 Å². The van der Waals surface area contributed by atoms with E-state index < -0.39 is 10.0 Å². The van der Waals surface area contributed by atoms with Crippen LogP contribution in [-0.4, -0.2) is 46.2 Å². The van der Waals surface area contributed by atoms with Gasteiger partial charge in [0.15, 0.2) is 0 Å². The molecule has 0 aliphatic heterocycles. The first kappa shape index (κ1) is 10.9. The molecule has 0 saturated heterocycles. The van der Waals surface area contributed by atoms with Crippen molar-refractivity contribution >= 4 is 10.0 Å². The molecule has 4 nitrogen and oxygen atoms in total. The highest BCUT2D eigenvalue weighted by molar-refractivity contribution is 7.89. The van der Waals surface area contributed by atoms with Crippen LogP contribution in [0, 0.1) is 0 Å². The van der Waals surface area contributed by atoms with Crippen molar-refractivity contribution in [2.45, 2.75) is 6.42 Å².